The molecule has 17 heavy (non-hydrogen) atoms. The molecule has 0 saturated heterocycles. The molecule has 0 bridgehead atoms. The first kappa shape index (κ1) is 14.1. The lowest BCUT2D eigenvalue weighted by Gasteiger charge is -2.14. The van der Waals surface area contributed by atoms with E-state index in [-0.39, 0.29) is 5.54 Å². The van der Waals surface area contributed by atoms with Gasteiger partial charge in [-0.2, -0.15) is 4.98 Å². The zero-order valence-electron chi connectivity index (χ0n) is 10.7. The first-order valence-corrected chi connectivity index (χ1v) is 5.68. The highest BCUT2D eigenvalue weighted by molar-refractivity contribution is 4.92. The van der Waals surface area contributed by atoms with Crippen molar-refractivity contribution in [3.8, 4) is 0 Å². The zero-order chi connectivity index (χ0) is 12.7. The van der Waals surface area contributed by atoms with Crippen LogP contribution in [0.15, 0.2) is 4.52 Å². The fraction of sp³-hybridized carbons (Fsp3) is 0.818. The predicted octanol–water partition coefficient (Wildman–Crippen LogP) is 0.555. The van der Waals surface area contributed by atoms with Crippen LogP contribution in [0.3, 0.4) is 0 Å². The van der Waals surface area contributed by atoms with Gasteiger partial charge in [0.15, 0.2) is 5.82 Å². The van der Waals surface area contributed by atoms with Crippen LogP contribution in [0.25, 0.3) is 0 Å². The van der Waals surface area contributed by atoms with Crippen LogP contribution in [0.5, 0.6) is 0 Å². The third-order valence-corrected chi connectivity index (χ3v) is 2.02. The van der Waals surface area contributed by atoms with E-state index in [0.29, 0.717) is 44.4 Å². The summed E-state index contributed by atoms with van der Waals surface area (Å²) in [4.78, 5) is 4.24. The van der Waals surface area contributed by atoms with Gasteiger partial charge in [0.1, 0.15) is 0 Å². The average Bonchev–Trinajstić information content (AvgIpc) is 2.63. The Balaban J connectivity index is 2.26. The molecular formula is C11H21N3O3. The second-order valence-electron chi connectivity index (χ2n) is 4.62. The average molecular weight is 243 g/mol. The number of hydrogen-bond acceptors (Lipinski definition) is 6. The van der Waals surface area contributed by atoms with E-state index >= 15 is 0 Å². The number of ether oxygens (including phenoxy) is 2. The molecule has 1 aromatic rings. The molecular weight excluding hydrogens is 222 g/mol. The van der Waals surface area contributed by atoms with Gasteiger partial charge in [-0.05, 0) is 13.8 Å². The Morgan fingerprint density at radius 1 is 1.29 bits per heavy atom. The molecule has 1 aromatic heterocycles. The molecule has 98 valence electrons. The summed E-state index contributed by atoms with van der Waals surface area (Å²) in [7, 11) is 1.64. The van der Waals surface area contributed by atoms with E-state index in [1.54, 1.807) is 7.11 Å². The molecule has 0 aromatic carbocycles. The fourth-order valence-electron chi connectivity index (χ4n) is 1.26. The second kappa shape index (κ2) is 6.68. The third-order valence-electron chi connectivity index (χ3n) is 2.02. The summed E-state index contributed by atoms with van der Waals surface area (Å²) in [5, 5.41) is 3.87. The van der Waals surface area contributed by atoms with Crippen molar-refractivity contribution in [2.24, 2.45) is 5.73 Å². The van der Waals surface area contributed by atoms with Crippen molar-refractivity contribution in [1.82, 2.24) is 10.1 Å². The molecule has 0 amide bonds. The van der Waals surface area contributed by atoms with Crippen molar-refractivity contribution in [3.05, 3.63) is 11.7 Å². The second-order valence-corrected chi connectivity index (χ2v) is 4.62. The highest BCUT2D eigenvalue weighted by Crippen LogP contribution is 2.08. The molecule has 0 saturated carbocycles. The Labute approximate surface area is 101 Å². The van der Waals surface area contributed by atoms with Crippen molar-refractivity contribution in [2.75, 3.05) is 26.9 Å². The van der Waals surface area contributed by atoms with Gasteiger partial charge >= 0.3 is 0 Å². The molecule has 0 aliphatic rings. The maximum Gasteiger partial charge on any atom is 0.228 e. The molecule has 0 aliphatic heterocycles. The normalized spacial score (nSPS) is 12.0. The first-order valence-electron chi connectivity index (χ1n) is 5.68. The maximum atomic E-state index is 5.87. The third kappa shape index (κ3) is 6.35. The van der Waals surface area contributed by atoms with Crippen LogP contribution in [0.4, 0.5) is 0 Å². The van der Waals surface area contributed by atoms with Crippen LogP contribution in [-0.2, 0) is 22.3 Å². The Kier molecular flexibility index (Phi) is 5.54. The number of rotatable bonds is 8. The summed E-state index contributed by atoms with van der Waals surface area (Å²) >= 11 is 0. The SMILES string of the molecule is COCCOCCc1noc(CC(C)(C)N)n1. The molecule has 6 heteroatoms. The van der Waals surface area contributed by atoms with E-state index in [1.165, 1.54) is 0 Å². The van der Waals surface area contributed by atoms with Crippen molar-refractivity contribution in [3.63, 3.8) is 0 Å². The minimum atomic E-state index is -0.335. The standard InChI is InChI=1S/C11H21N3O3/c1-11(2,12)8-10-13-9(14-17-10)4-5-16-7-6-15-3/h4-8,12H2,1-3H3. The van der Waals surface area contributed by atoms with E-state index in [1.807, 2.05) is 13.8 Å². The summed E-state index contributed by atoms with van der Waals surface area (Å²) < 4.78 is 15.3. The Bertz CT molecular complexity index is 320. The van der Waals surface area contributed by atoms with Gasteiger partial charge in [-0.3, -0.25) is 0 Å². The van der Waals surface area contributed by atoms with E-state index in [2.05, 4.69) is 10.1 Å². The smallest absolute Gasteiger partial charge is 0.228 e. The maximum absolute atomic E-state index is 5.87. The van der Waals surface area contributed by atoms with Gasteiger partial charge in [-0.1, -0.05) is 5.16 Å². The molecule has 2 N–H and O–H groups in total. The van der Waals surface area contributed by atoms with Crippen molar-refractivity contribution in [1.29, 1.82) is 0 Å². The van der Waals surface area contributed by atoms with Crippen LogP contribution in [0.1, 0.15) is 25.6 Å². The van der Waals surface area contributed by atoms with E-state index in [9.17, 15) is 0 Å². The molecule has 1 heterocycles. The summed E-state index contributed by atoms with van der Waals surface area (Å²) in [6.07, 6.45) is 1.21. The highest BCUT2D eigenvalue weighted by Gasteiger charge is 2.16. The molecule has 0 atom stereocenters. The molecule has 1 rings (SSSR count). The Hall–Kier alpha value is -0.980. The molecule has 0 aliphatic carbocycles. The monoisotopic (exact) mass is 243 g/mol. The van der Waals surface area contributed by atoms with Gasteiger partial charge in [-0.25, -0.2) is 0 Å². The van der Waals surface area contributed by atoms with Gasteiger partial charge in [-0.15, -0.1) is 0 Å². The summed E-state index contributed by atoms with van der Waals surface area (Å²) in [5.41, 5.74) is 5.53. The Morgan fingerprint density at radius 3 is 2.71 bits per heavy atom. The minimum Gasteiger partial charge on any atom is -0.382 e. The minimum absolute atomic E-state index is 0.335. The number of nitrogens with two attached hydrogens (primary N) is 1. The summed E-state index contributed by atoms with van der Waals surface area (Å²) in [5.74, 6) is 1.23. The number of methoxy groups -OCH3 is 1. The van der Waals surface area contributed by atoms with Crippen LogP contribution < -0.4 is 5.73 Å². The lowest BCUT2D eigenvalue weighted by Crippen LogP contribution is -2.34. The predicted molar refractivity (Wildman–Crippen MR) is 62.7 cm³/mol. The highest BCUT2D eigenvalue weighted by atomic mass is 16.5. The molecule has 0 fully saturated rings. The topological polar surface area (TPSA) is 83.4 Å². The van der Waals surface area contributed by atoms with Gasteiger partial charge in [0.25, 0.3) is 0 Å². The quantitative estimate of drug-likeness (QED) is 0.671. The van der Waals surface area contributed by atoms with Gasteiger partial charge in [0.05, 0.1) is 19.8 Å². The van der Waals surface area contributed by atoms with Crippen molar-refractivity contribution < 1.29 is 14.0 Å². The lowest BCUT2D eigenvalue weighted by atomic mass is 10.0. The molecule has 0 radical (unpaired) electrons. The van der Waals surface area contributed by atoms with Crippen LogP contribution in [0.2, 0.25) is 0 Å². The van der Waals surface area contributed by atoms with Crippen molar-refractivity contribution >= 4 is 0 Å². The number of aromatic nitrogens is 2. The summed E-state index contributed by atoms with van der Waals surface area (Å²) in [6.45, 7) is 5.58. The largest absolute Gasteiger partial charge is 0.382 e. The van der Waals surface area contributed by atoms with E-state index in [4.69, 9.17) is 19.7 Å². The first-order chi connectivity index (χ1) is 8.01. The zero-order valence-corrected chi connectivity index (χ0v) is 10.7. The van der Waals surface area contributed by atoms with E-state index in [0.717, 1.165) is 0 Å². The van der Waals surface area contributed by atoms with E-state index < -0.39 is 0 Å². The number of hydrogen-bond donors (Lipinski definition) is 1. The Morgan fingerprint density at radius 2 is 2.06 bits per heavy atom. The number of nitrogens with zero attached hydrogens (tertiary/aromatic N) is 2. The molecule has 0 unspecified atom stereocenters. The van der Waals surface area contributed by atoms with Crippen molar-refractivity contribution in [2.45, 2.75) is 32.2 Å². The van der Waals surface area contributed by atoms with Crippen LogP contribution >= 0.6 is 0 Å². The van der Waals surface area contributed by atoms with Gasteiger partial charge in [0, 0.05) is 25.5 Å². The van der Waals surface area contributed by atoms with Crippen LogP contribution in [-0.4, -0.2) is 42.6 Å². The summed E-state index contributed by atoms with van der Waals surface area (Å²) in [6, 6.07) is 0. The lowest BCUT2D eigenvalue weighted by molar-refractivity contribution is 0.0714. The van der Waals surface area contributed by atoms with Crippen LogP contribution in [0, 0.1) is 0 Å². The fourth-order valence-corrected chi connectivity index (χ4v) is 1.26. The van der Waals surface area contributed by atoms with Gasteiger partial charge < -0.3 is 19.7 Å². The molecule has 6 nitrogen and oxygen atoms in total. The van der Waals surface area contributed by atoms with Gasteiger partial charge in [0.2, 0.25) is 5.89 Å². The molecule has 0 spiro atoms.